The molecule has 1 N–H and O–H groups in total. The SMILES string of the molecule is O=C(Nc1nccs1)[C@@H]1C[C@@H](c2ccc(F)cc2)N(Cc2ccccc2)C1. The van der Waals surface area contributed by atoms with Gasteiger partial charge >= 0.3 is 0 Å². The minimum absolute atomic E-state index is 0.00683. The average molecular weight is 381 g/mol. The van der Waals surface area contributed by atoms with Gasteiger partial charge in [-0.05, 0) is 29.7 Å². The average Bonchev–Trinajstić information content (AvgIpc) is 3.33. The van der Waals surface area contributed by atoms with Gasteiger partial charge in [0.1, 0.15) is 5.82 Å². The number of thiazole rings is 1. The van der Waals surface area contributed by atoms with Gasteiger partial charge in [-0.3, -0.25) is 9.69 Å². The van der Waals surface area contributed by atoms with E-state index < -0.39 is 0 Å². The van der Waals surface area contributed by atoms with Crippen molar-refractivity contribution in [1.29, 1.82) is 0 Å². The van der Waals surface area contributed by atoms with Gasteiger partial charge in [-0.1, -0.05) is 42.5 Å². The molecule has 1 aromatic heterocycles. The van der Waals surface area contributed by atoms with E-state index in [1.165, 1.54) is 29.0 Å². The number of likely N-dealkylation sites (tertiary alicyclic amines) is 1. The number of nitrogens with zero attached hydrogens (tertiary/aromatic N) is 2. The van der Waals surface area contributed by atoms with E-state index in [1.807, 2.05) is 35.7 Å². The minimum atomic E-state index is -0.246. The summed E-state index contributed by atoms with van der Waals surface area (Å²) in [7, 11) is 0. The van der Waals surface area contributed by atoms with Crippen LogP contribution in [0, 0.1) is 11.7 Å². The Bertz CT molecular complexity index is 884. The third kappa shape index (κ3) is 4.23. The van der Waals surface area contributed by atoms with E-state index in [0.29, 0.717) is 18.1 Å². The number of carbonyl (C=O) groups is 1. The van der Waals surface area contributed by atoms with Gasteiger partial charge in [0.25, 0.3) is 0 Å². The van der Waals surface area contributed by atoms with E-state index in [0.717, 1.165) is 12.1 Å². The lowest BCUT2D eigenvalue weighted by Gasteiger charge is -2.24. The van der Waals surface area contributed by atoms with Gasteiger partial charge < -0.3 is 5.32 Å². The van der Waals surface area contributed by atoms with Crippen molar-refractivity contribution >= 4 is 22.4 Å². The van der Waals surface area contributed by atoms with Gasteiger partial charge in [-0.15, -0.1) is 11.3 Å². The molecule has 2 aromatic carbocycles. The lowest BCUT2D eigenvalue weighted by molar-refractivity contribution is -0.119. The number of hydrogen-bond acceptors (Lipinski definition) is 4. The molecular weight excluding hydrogens is 361 g/mol. The van der Waals surface area contributed by atoms with Crippen molar-refractivity contribution < 1.29 is 9.18 Å². The second-order valence-corrected chi connectivity index (χ2v) is 7.64. The van der Waals surface area contributed by atoms with Crippen molar-refractivity contribution in [3.63, 3.8) is 0 Å². The fraction of sp³-hybridized carbons (Fsp3) is 0.238. The third-order valence-corrected chi connectivity index (χ3v) is 5.61. The van der Waals surface area contributed by atoms with E-state index in [1.54, 1.807) is 6.20 Å². The molecule has 1 amide bonds. The molecule has 27 heavy (non-hydrogen) atoms. The van der Waals surface area contributed by atoms with Gasteiger partial charge in [0.2, 0.25) is 5.91 Å². The van der Waals surface area contributed by atoms with Crippen molar-refractivity contribution in [2.75, 3.05) is 11.9 Å². The maximum atomic E-state index is 13.4. The smallest absolute Gasteiger partial charge is 0.230 e. The van der Waals surface area contributed by atoms with Crippen molar-refractivity contribution in [3.05, 3.63) is 83.1 Å². The monoisotopic (exact) mass is 381 g/mol. The van der Waals surface area contributed by atoms with Crippen LogP contribution in [0.15, 0.2) is 66.2 Å². The van der Waals surface area contributed by atoms with E-state index in [4.69, 9.17) is 0 Å². The molecule has 2 atom stereocenters. The Morgan fingerprint density at radius 2 is 1.96 bits per heavy atom. The number of benzene rings is 2. The molecule has 4 rings (SSSR count). The number of halogens is 1. The fourth-order valence-corrected chi connectivity index (χ4v) is 4.14. The van der Waals surface area contributed by atoms with Crippen LogP contribution in [0.5, 0.6) is 0 Å². The molecule has 1 aliphatic rings. The van der Waals surface area contributed by atoms with Crippen LogP contribution in [0.2, 0.25) is 0 Å². The van der Waals surface area contributed by atoms with Crippen LogP contribution in [-0.2, 0) is 11.3 Å². The lowest BCUT2D eigenvalue weighted by Crippen LogP contribution is -2.27. The van der Waals surface area contributed by atoms with Gasteiger partial charge in [0.05, 0.1) is 5.92 Å². The Kier molecular flexibility index (Phi) is 5.27. The Labute approximate surface area is 161 Å². The van der Waals surface area contributed by atoms with Crippen LogP contribution in [0.1, 0.15) is 23.6 Å². The minimum Gasteiger partial charge on any atom is -0.302 e. The zero-order valence-corrected chi connectivity index (χ0v) is 15.5. The predicted octanol–water partition coefficient (Wildman–Crippen LogP) is 4.48. The Balaban J connectivity index is 1.54. The number of hydrogen-bond donors (Lipinski definition) is 1. The standard InChI is InChI=1S/C21H20FN3OS/c22-18-8-6-16(7-9-18)19-12-17(20(26)24-21-23-10-11-27-21)14-25(19)13-15-4-2-1-3-5-15/h1-11,17,19H,12-14H2,(H,23,24,26)/t17-,19+/m1/s1. The maximum Gasteiger partial charge on any atom is 0.230 e. The quantitative estimate of drug-likeness (QED) is 0.709. The molecule has 0 bridgehead atoms. The molecule has 0 unspecified atom stereocenters. The summed E-state index contributed by atoms with van der Waals surface area (Å²) in [6, 6.07) is 16.9. The number of carbonyl (C=O) groups excluding carboxylic acids is 1. The van der Waals surface area contributed by atoms with Gasteiger partial charge in [-0.25, -0.2) is 9.37 Å². The zero-order chi connectivity index (χ0) is 18.6. The molecule has 1 aliphatic heterocycles. The first kappa shape index (κ1) is 17.8. The van der Waals surface area contributed by atoms with Crippen molar-refractivity contribution in [2.24, 2.45) is 5.92 Å². The molecule has 0 aliphatic carbocycles. The molecular formula is C21H20FN3OS. The molecule has 1 fully saturated rings. The highest BCUT2D eigenvalue weighted by Crippen LogP contribution is 2.37. The molecule has 0 spiro atoms. The first-order chi connectivity index (χ1) is 13.2. The summed E-state index contributed by atoms with van der Waals surface area (Å²) in [5.74, 6) is -0.385. The van der Waals surface area contributed by atoms with Gasteiger partial charge in [0.15, 0.2) is 5.13 Å². The van der Waals surface area contributed by atoms with Crippen LogP contribution in [-0.4, -0.2) is 22.3 Å². The summed E-state index contributed by atoms with van der Waals surface area (Å²) < 4.78 is 13.4. The molecule has 2 heterocycles. The number of nitrogens with one attached hydrogen (secondary N) is 1. The number of anilines is 1. The molecule has 6 heteroatoms. The van der Waals surface area contributed by atoms with E-state index >= 15 is 0 Å². The van der Waals surface area contributed by atoms with Crippen molar-refractivity contribution in [1.82, 2.24) is 9.88 Å². The van der Waals surface area contributed by atoms with Crippen molar-refractivity contribution in [2.45, 2.75) is 19.0 Å². The first-order valence-electron chi connectivity index (χ1n) is 8.93. The van der Waals surface area contributed by atoms with Crippen molar-refractivity contribution in [3.8, 4) is 0 Å². The lowest BCUT2D eigenvalue weighted by atomic mass is 9.99. The second-order valence-electron chi connectivity index (χ2n) is 6.74. The summed E-state index contributed by atoms with van der Waals surface area (Å²) in [5, 5.41) is 5.38. The Morgan fingerprint density at radius 1 is 1.19 bits per heavy atom. The first-order valence-corrected chi connectivity index (χ1v) is 9.81. The maximum absolute atomic E-state index is 13.4. The van der Waals surface area contributed by atoms with E-state index in [9.17, 15) is 9.18 Å². The predicted molar refractivity (Wildman–Crippen MR) is 105 cm³/mol. The normalized spacial score (nSPS) is 19.9. The summed E-state index contributed by atoms with van der Waals surface area (Å²) in [5.41, 5.74) is 2.24. The second kappa shape index (κ2) is 7.98. The highest BCUT2D eigenvalue weighted by atomic mass is 32.1. The molecule has 4 nitrogen and oxygen atoms in total. The largest absolute Gasteiger partial charge is 0.302 e. The summed E-state index contributed by atoms with van der Waals surface area (Å²) in [4.78, 5) is 19.1. The van der Waals surface area contributed by atoms with Gasteiger partial charge in [-0.2, -0.15) is 0 Å². The van der Waals surface area contributed by atoms with Crippen LogP contribution < -0.4 is 5.32 Å². The Hall–Kier alpha value is -2.57. The number of amides is 1. The molecule has 138 valence electrons. The fourth-order valence-electron chi connectivity index (χ4n) is 3.61. The van der Waals surface area contributed by atoms with Crippen LogP contribution >= 0.6 is 11.3 Å². The Morgan fingerprint density at radius 3 is 2.67 bits per heavy atom. The number of aromatic nitrogens is 1. The zero-order valence-electron chi connectivity index (χ0n) is 14.7. The van der Waals surface area contributed by atoms with E-state index in [2.05, 4.69) is 27.3 Å². The van der Waals surface area contributed by atoms with Crippen LogP contribution in [0.25, 0.3) is 0 Å². The van der Waals surface area contributed by atoms with Crippen LogP contribution in [0.3, 0.4) is 0 Å². The molecule has 0 radical (unpaired) electrons. The highest BCUT2D eigenvalue weighted by Gasteiger charge is 2.37. The highest BCUT2D eigenvalue weighted by molar-refractivity contribution is 7.13. The molecule has 0 saturated carbocycles. The van der Waals surface area contributed by atoms with E-state index in [-0.39, 0.29) is 23.7 Å². The van der Waals surface area contributed by atoms with Crippen LogP contribution in [0.4, 0.5) is 9.52 Å². The summed E-state index contributed by atoms with van der Waals surface area (Å²) in [6.07, 6.45) is 2.38. The summed E-state index contributed by atoms with van der Waals surface area (Å²) in [6.45, 7) is 1.41. The topological polar surface area (TPSA) is 45.2 Å². The van der Waals surface area contributed by atoms with Gasteiger partial charge in [0, 0.05) is 30.7 Å². The third-order valence-electron chi connectivity index (χ3n) is 4.92. The number of rotatable bonds is 5. The molecule has 3 aromatic rings. The molecule has 1 saturated heterocycles. The summed E-state index contributed by atoms with van der Waals surface area (Å²) >= 11 is 1.41.